The van der Waals surface area contributed by atoms with Gasteiger partial charge in [0.2, 0.25) is 5.13 Å². The van der Waals surface area contributed by atoms with Crippen LogP contribution in [0.1, 0.15) is 45.1 Å². The fraction of sp³-hybridized carbons (Fsp3) is 0.400. The Labute approximate surface area is 182 Å². The molecule has 2 aromatic heterocycles. The predicted molar refractivity (Wildman–Crippen MR) is 118 cm³/mol. The van der Waals surface area contributed by atoms with Crippen LogP contribution in [-0.4, -0.2) is 21.7 Å². The molecule has 1 aliphatic carbocycles. The van der Waals surface area contributed by atoms with Crippen molar-refractivity contribution in [3.8, 4) is 6.07 Å². The molecule has 0 saturated heterocycles. The van der Waals surface area contributed by atoms with Crippen LogP contribution in [0.4, 0.5) is 5.13 Å². The number of carbonyl (C=O) groups excluding carboxylic acids is 1. The highest BCUT2D eigenvalue weighted by Crippen LogP contribution is 2.50. The predicted octanol–water partition coefficient (Wildman–Crippen LogP) is 4.65. The molecule has 0 saturated carbocycles. The summed E-state index contributed by atoms with van der Waals surface area (Å²) in [6.07, 6.45) is 1.13. The summed E-state index contributed by atoms with van der Waals surface area (Å²) in [6.45, 7) is 6.23. The lowest BCUT2D eigenvalue weighted by Crippen LogP contribution is -2.42. The molecule has 1 aliphatic heterocycles. The van der Waals surface area contributed by atoms with Crippen molar-refractivity contribution in [3.63, 3.8) is 0 Å². The molecular formula is C20H21N5OS3. The first-order valence-corrected chi connectivity index (χ1v) is 12.0. The number of ketones is 1. The molecule has 150 valence electrons. The molecule has 0 amide bonds. The lowest BCUT2D eigenvalue weighted by molar-refractivity contribution is -0.118. The number of allylic oxidation sites excluding steroid dienone is 3. The number of nitrogens with two attached hydrogens (primary N) is 1. The Morgan fingerprint density at radius 3 is 2.86 bits per heavy atom. The number of hydrogen-bond donors (Lipinski definition) is 1. The van der Waals surface area contributed by atoms with Crippen LogP contribution in [0.2, 0.25) is 0 Å². The Balaban J connectivity index is 1.94. The number of thiophene rings is 1. The Morgan fingerprint density at radius 2 is 2.21 bits per heavy atom. The van der Waals surface area contributed by atoms with Crippen molar-refractivity contribution in [2.24, 2.45) is 11.1 Å². The highest BCUT2D eigenvalue weighted by molar-refractivity contribution is 8.01. The van der Waals surface area contributed by atoms with E-state index in [1.807, 2.05) is 16.8 Å². The minimum Gasteiger partial charge on any atom is -0.384 e. The van der Waals surface area contributed by atoms with Crippen LogP contribution in [-0.2, 0) is 4.79 Å². The van der Waals surface area contributed by atoms with Crippen molar-refractivity contribution in [3.05, 3.63) is 45.1 Å². The highest BCUT2D eigenvalue weighted by Gasteiger charge is 2.45. The molecule has 2 N–H and O–H groups in total. The van der Waals surface area contributed by atoms with Gasteiger partial charge in [-0.3, -0.25) is 9.69 Å². The number of aromatic nitrogens is 2. The molecule has 9 heteroatoms. The first-order chi connectivity index (χ1) is 13.9. The van der Waals surface area contributed by atoms with E-state index >= 15 is 0 Å². The quantitative estimate of drug-likeness (QED) is 0.687. The van der Waals surface area contributed by atoms with Gasteiger partial charge < -0.3 is 5.73 Å². The van der Waals surface area contributed by atoms with Gasteiger partial charge in [0.05, 0.1) is 17.6 Å². The summed E-state index contributed by atoms with van der Waals surface area (Å²) in [7, 11) is 0. The molecule has 2 aromatic rings. The van der Waals surface area contributed by atoms with E-state index in [-0.39, 0.29) is 11.2 Å². The van der Waals surface area contributed by atoms with Crippen LogP contribution < -0.4 is 10.6 Å². The number of thioether (sulfide) groups is 1. The summed E-state index contributed by atoms with van der Waals surface area (Å²) < 4.78 is 0.845. The summed E-state index contributed by atoms with van der Waals surface area (Å²) >= 11 is 4.60. The third-order valence-electron chi connectivity index (χ3n) is 5.11. The summed E-state index contributed by atoms with van der Waals surface area (Å²) in [4.78, 5) is 15.1. The van der Waals surface area contributed by atoms with Crippen LogP contribution in [0.25, 0.3) is 0 Å². The average molecular weight is 444 g/mol. The Hall–Kier alpha value is -2.15. The highest BCUT2D eigenvalue weighted by atomic mass is 32.2. The number of anilines is 1. The van der Waals surface area contributed by atoms with Crippen LogP contribution in [0.5, 0.6) is 0 Å². The first kappa shape index (κ1) is 20.1. The zero-order valence-electron chi connectivity index (χ0n) is 16.4. The SMILES string of the molecule is CCSc1nnc(N2C(N)=C(C#N)C(c3ccsc3)C3=C2CC(C)(C)CC3=O)s1. The molecule has 0 fully saturated rings. The van der Waals surface area contributed by atoms with Gasteiger partial charge in [0.1, 0.15) is 5.82 Å². The zero-order chi connectivity index (χ0) is 20.8. The number of nitriles is 1. The Kier molecular flexibility index (Phi) is 5.27. The van der Waals surface area contributed by atoms with E-state index in [2.05, 4.69) is 37.0 Å². The van der Waals surface area contributed by atoms with Crippen LogP contribution in [0, 0.1) is 16.7 Å². The van der Waals surface area contributed by atoms with E-state index in [1.54, 1.807) is 28.0 Å². The molecule has 1 atom stereocenters. The van der Waals surface area contributed by atoms with Gasteiger partial charge in [0.25, 0.3) is 0 Å². The van der Waals surface area contributed by atoms with Gasteiger partial charge in [-0.05, 0) is 40.0 Å². The van der Waals surface area contributed by atoms with Crippen molar-refractivity contribution >= 4 is 45.4 Å². The number of hydrogen-bond acceptors (Lipinski definition) is 9. The van der Waals surface area contributed by atoms with Crippen molar-refractivity contribution in [2.75, 3.05) is 10.7 Å². The summed E-state index contributed by atoms with van der Waals surface area (Å²) in [5.74, 6) is 0.893. The maximum absolute atomic E-state index is 13.3. The monoisotopic (exact) mass is 443 g/mol. The third kappa shape index (κ3) is 3.50. The van der Waals surface area contributed by atoms with E-state index in [0.717, 1.165) is 21.4 Å². The molecule has 29 heavy (non-hydrogen) atoms. The number of carbonyl (C=O) groups is 1. The largest absolute Gasteiger partial charge is 0.384 e. The molecule has 0 bridgehead atoms. The van der Waals surface area contributed by atoms with E-state index in [1.165, 1.54) is 11.3 Å². The Bertz CT molecular complexity index is 1060. The number of Topliss-reactive ketones (excluding diaryl/α,β-unsaturated/α-hetero) is 1. The van der Waals surface area contributed by atoms with Crippen molar-refractivity contribution in [1.82, 2.24) is 10.2 Å². The van der Waals surface area contributed by atoms with Gasteiger partial charge in [-0.15, -0.1) is 10.2 Å². The first-order valence-electron chi connectivity index (χ1n) is 9.30. The lowest BCUT2D eigenvalue weighted by atomic mass is 9.69. The number of nitrogens with zero attached hydrogens (tertiary/aromatic N) is 4. The van der Waals surface area contributed by atoms with Crippen LogP contribution in [0.3, 0.4) is 0 Å². The second-order valence-corrected chi connectivity index (χ2v) is 11.1. The maximum atomic E-state index is 13.3. The molecule has 0 radical (unpaired) electrons. The van der Waals surface area contributed by atoms with Gasteiger partial charge in [0, 0.05) is 17.7 Å². The van der Waals surface area contributed by atoms with Gasteiger partial charge in [-0.25, -0.2) is 0 Å². The van der Waals surface area contributed by atoms with Crippen molar-refractivity contribution in [2.45, 2.75) is 43.9 Å². The minimum atomic E-state index is -0.418. The normalized spacial score (nSPS) is 21.4. The van der Waals surface area contributed by atoms with Crippen LogP contribution in [0.15, 0.2) is 43.8 Å². The molecule has 6 nitrogen and oxygen atoms in total. The molecule has 3 heterocycles. The summed E-state index contributed by atoms with van der Waals surface area (Å²) in [5, 5.41) is 23.1. The van der Waals surface area contributed by atoms with Crippen molar-refractivity contribution < 1.29 is 4.79 Å². The van der Waals surface area contributed by atoms with E-state index in [4.69, 9.17) is 5.73 Å². The second-order valence-electron chi connectivity index (χ2n) is 7.82. The smallest absolute Gasteiger partial charge is 0.219 e. The molecule has 0 aromatic carbocycles. The summed E-state index contributed by atoms with van der Waals surface area (Å²) in [5.41, 5.74) is 9.23. The van der Waals surface area contributed by atoms with E-state index < -0.39 is 5.92 Å². The fourth-order valence-corrected chi connectivity index (χ4v) is 6.44. The zero-order valence-corrected chi connectivity index (χ0v) is 18.9. The minimum absolute atomic E-state index is 0.0744. The molecule has 2 aliphatic rings. The fourth-order valence-electron chi connectivity index (χ4n) is 3.97. The second kappa shape index (κ2) is 7.59. The molecule has 0 spiro atoms. The van der Waals surface area contributed by atoms with E-state index in [0.29, 0.717) is 34.9 Å². The van der Waals surface area contributed by atoms with E-state index in [9.17, 15) is 10.1 Å². The molecule has 4 rings (SSSR count). The Morgan fingerprint density at radius 1 is 1.41 bits per heavy atom. The lowest BCUT2D eigenvalue weighted by Gasteiger charge is -2.42. The average Bonchev–Trinajstić information content (AvgIpc) is 3.32. The number of rotatable bonds is 4. The topological polar surface area (TPSA) is 95.9 Å². The van der Waals surface area contributed by atoms with Gasteiger partial charge >= 0.3 is 0 Å². The third-order valence-corrected chi connectivity index (χ3v) is 7.74. The van der Waals surface area contributed by atoms with Gasteiger partial charge in [-0.1, -0.05) is 43.9 Å². The maximum Gasteiger partial charge on any atom is 0.219 e. The standard InChI is InChI=1S/C20H21N5OS3/c1-4-28-19-24-23-18(29-19)25-13-7-20(2,3)8-14(26)16(13)15(11-5-6-27-10-11)12(9-21)17(25)22/h5-6,10,15H,4,7-8,22H2,1-3H3. The van der Waals surface area contributed by atoms with Gasteiger partial charge in [0.15, 0.2) is 10.1 Å². The van der Waals surface area contributed by atoms with Gasteiger partial charge in [-0.2, -0.15) is 16.6 Å². The van der Waals surface area contributed by atoms with Crippen molar-refractivity contribution in [1.29, 1.82) is 5.26 Å². The molecular weight excluding hydrogens is 422 g/mol. The molecule has 1 unspecified atom stereocenters. The van der Waals surface area contributed by atoms with Crippen LogP contribution >= 0.6 is 34.4 Å². The summed E-state index contributed by atoms with van der Waals surface area (Å²) in [6, 6.07) is 4.25.